The maximum Gasteiger partial charge on any atom is 0.345 e. The van der Waals surface area contributed by atoms with Crippen LogP contribution >= 0.6 is 0 Å². The Labute approximate surface area is 128 Å². The zero-order valence-electron chi connectivity index (χ0n) is 12.3. The van der Waals surface area contributed by atoms with Crippen molar-refractivity contribution in [2.75, 3.05) is 13.7 Å². The lowest BCUT2D eigenvalue weighted by atomic mass is 10.1. The van der Waals surface area contributed by atoms with Gasteiger partial charge in [0.25, 0.3) is 0 Å². The fraction of sp³-hybridized carbons (Fsp3) is 0.375. The number of nitrogens with one attached hydrogen (secondary N) is 1. The maximum absolute atomic E-state index is 12.3. The Morgan fingerprint density at radius 2 is 2.18 bits per heavy atom. The number of ether oxygens (including phenoxy) is 2. The van der Waals surface area contributed by atoms with Gasteiger partial charge >= 0.3 is 6.03 Å². The van der Waals surface area contributed by atoms with Gasteiger partial charge in [0.05, 0.1) is 26.3 Å². The van der Waals surface area contributed by atoms with Crippen LogP contribution in [0.15, 0.2) is 30.1 Å². The molecular formula is C16H17N2O4. The van der Waals surface area contributed by atoms with E-state index in [1.165, 1.54) is 19.0 Å². The van der Waals surface area contributed by atoms with Crippen molar-refractivity contribution in [3.05, 3.63) is 35.7 Å². The second kappa shape index (κ2) is 6.09. The highest BCUT2D eigenvalue weighted by molar-refractivity contribution is 5.99. The summed E-state index contributed by atoms with van der Waals surface area (Å²) in [6, 6.07) is 4.67. The molecule has 1 N–H and O–H groups in total. The van der Waals surface area contributed by atoms with Crippen LogP contribution in [0.3, 0.4) is 0 Å². The molecule has 2 amide bonds. The minimum Gasteiger partial charge on any atom is -0.493 e. The van der Waals surface area contributed by atoms with Crippen LogP contribution in [-0.4, -0.2) is 25.5 Å². The Morgan fingerprint density at radius 1 is 1.36 bits per heavy atom. The van der Waals surface area contributed by atoms with E-state index < -0.39 is 6.03 Å². The summed E-state index contributed by atoms with van der Waals surface area (Å²) in [7, 11) is 1.57. The van der Waals surface area contributed by atoms with Gasteiger partial charge < -0.3 is 14.8 Å². The summed E-state index contributed by atoms with van der Waals surface area (Å²) in [5, 5.41) is 6.07. The summed E-state index contributed by atoms with van der Waals surface area (Å²) >= 11 is 0. The number of ketones is 1. The molecule has 0 atom stereocenters. The largest absolute Gasteiger partial charge is 0.493 e. The Morgan fingerprint density at radius 3 is 2.82 bits per heavy atom. The quantitative estimate of drug-likeness (QED) is 0.783. The van der Waals surface area contributed by atoms with Crippen molar-refractivity contribution in [1.29, 1.82) is 0 Å². The van der Waals surface area contributed by atoms with E-state index in [9.17, 15) is 9.59 Å². The zero-order chi connectivity index (χ0) is 15.5. The predicted octanol–water partition coefficient (Wildman–Crippen LogP) is 2.23. The van der Waals surface area contributed by atoms with Crippen LogP contribution in [0, 0.1) is 5.92 Å². The number of hydrogen-bond donors (Lipinski definition) is 1. The van der Waals surface area contributed by atoms with E-state index in [1.54, 1.807) is 25.3 Å². The SMILES string of the molecule is COc1ccc(C(=O)CC2=C[N]C(=O)N2)cc1OCC1CC1. The number of hydrogen-bond acceptors (Lipinski definition) is 4. The van der Waals surface area contributed by atoms with Crippen LogP contribution in [0.5, 0.6) is 11.5 Å². The maximum atomic E-state index is 12.3. The highest BCUT2D eigenvalue weighted by atomic mass is 16.5. The lowest BCUT2D eigenvalue weighted by Crippen LogP contribution is -2.19. The second-order valence-corrected chi connectivity index (χ2v) is 5.43. The van der Waals surface area contributed by atoms with Gasteiger partial charge in [-0.3, -0.25) is 4.79 Å². The number of carbonyl (C=O) groups is 2. The van der Waals surface area contributed by atoms with E-state index in [0.29, 0.717) is 35.3 Å². The van der Waals surface area contributed by atoms with E-state index in [2.05, 4.69) is 10.6 Å². The summed E-state index contributed by atoms with van der Waals surface area (Å²) in [6.45, 7) is 0.647. The molecule has 1 aromatic rings. The fourth-order valence-electron chi connectivity index (χ4n) is 2.16. The molecule has 1 aliphatic heterocycles. The highest BCUT2D eigenvalue weighted by Gasteiger charge is 2.23. The van der Waals surface area contributed by atoms with Gasteiger partial charge in [-0.15, -0.1) is 0 Å². The van der Waals surface area contributed by atoms with Crippen LogP contribution < -0.4 is 20.1 Å². The summed E-state index contributed by atoms with van der Waals surface area (Å²) in [6.07, 6.45) is 3.87. The second-order valence-electron chi connectivity index (χ2n) is 5.43. The first-order valence-electron chi connectivity index (χ1n) is 7.20. The van der Waals surface area contributed by atoms with Gasteiger partial charge in [-0.05, 0) is 37.0 Å². The molecule has 3 rings (SSSR count). The highest BCUT2D eigenvalue weighted by Crippen LogP contribution is 2.33. The number of amides is 2. The average Bonchev–Trinajstić information content (AvgIpc) is 3.26. The number of nitrogens with zero attached hydrogens (tertiary/aromatic N) is 1. The van der Waals surface area contributed by atoms with Gasteiger partial charge in [-0.25, -0.2) is 4.79 Å². The smallest absolute Gasteiger partial charge is 0.345 e. The molecule has 0 spiro atoms. The van der Waals surface area contributed by atoms with Crippen molar-refractivity contribution >= 4 is 11.8 Å². The van der Waals surface area contributed by atoms with E-state index in [4.69, 9.17) is 9.47 Å². The fourth-order valence-corrected chi connectivity index (χ4v) is 2.16. The van der Waals surface area contributed by atoms with Gasteiger partial charge in [0.15, 0.2) is 17.3 Å². The van der Waals surface area contributed by atoms with E-state index in [-0.39, 0.29) is 12.2 Å². The number of urea groups is 1. The third-order valence-corrected chi connectivity index (χ3v) is 3.61. The minimum absolute atomic E-state index is 0.101. The van der Waals surface area contributed by atoms with E-state index >= 15 is 0 Å². The molecule has 1 heterocycles. The van der Waals surface area contributed by atoms with E-state index in [1.807, 2.05) is 0 Å². The van der Waals surface area contributed by atoms with Gasteiger partial charge in [0.2, 0.25) is 0 Å². The first kappa shape index (κ1) is 14.4. The molecule has 1 fully saturated rings. The van der Waals surface area contributed by atoms with Crippen LogP contribution in [0.25, 0.3) is 0 Å². The Kier molecular flexibility index (Phi) is 4.00. The number of benzene rings is 1. The third-order valence-electron chi connectivity index (χ3n) is 3.61. The number of rotatable bonds is 7. The monoisotopic (exact) mass is 301 g/mol. The van der Waals surface area contributed by atoms with Crippen molar-refractivity contribution in [3.8, 4) is 11.5 Å². The first-order chi connectivity index (χ1) is 10.7. The molecule has 0 aromatic heterocycles. The van der Waals surface area contributed by atoms with Crippen molar-refractivity contribution in [3.63, 3.8) is 0 Å². The molecular weight excluding hydrogens is 284 g/mol. The topological polar surface area (TPSA) is 78.7 Å². The van der Waals surface area contributed by atoms with Gasteiger partial charge in [0, 0.05) is 11.3 Å². The first-order valence-corrected chi connectivity index (χ1v) is 7.20. The van der Waals surface area contributed by atoms with Crippen molar-refractivity contribution < 1.29 is 19.1 Å². The van der Waals surface area contributed by atoms with Gasteiger partial charge in [-0.2, -0.15) is 5.32 Å². The lowest BCUT2D eigenvalue weighted by molar-refractivity contribution is 0.0991. The molecule has 1 aliphatic carbocycles. The lowest BCUT2D eigenvalue weighted by Gasteiger charge is -2.12. The Bertz CT molecular complexity index is 635. The molecule has 1 aromatic carbocycles. The van der Waals surface area contributed by atoms with Crippen LogP contribution in [-0.2, 0) is 0 Å². The molecule has 2 aliphatic rings. The molecule has 1 radical (unpaired) electrons. The molecule has 6 heteroatoms. The normalized spacial score (nSPS) is 16.6. The molecule has 0 bridgehead atoms. The molecule has 22 heavy (non-hydrogen) atoms. The number of allylic oxidation sites excluding steroid dienone is 1. The van der Waals surface area contributed by atoms with Crippen LogP contribution in [0.4, 0.5) is 4.79 Å². The summed E-state index contributed by atoms with van der Waals surface area (Å²) < 4.78 is 11.0. The molecule has 0 saturated heterocycles. The summed E-state index contributed by atoms with van der Waals surface area (Å²) in [5.41, 5.74) is 1.03. The van der Waals surface area contributed by atoms with Crippen molar-refractivity contribution in [2.45, 2.75) is 19.3 Å². The summed E-state index contributed by atoms with van der Waals surface area (Å²) in [5.74, 6) is 1.70. The standard InChI is InChI=1S/C16H17N2O4/c1-21-14-5-4-11(6-15(14)22-9-10-2-3-10)13(19)7-12-8-17-16(20)18-12/h4-6,8,10H,2-3,7,9H2,1H3,(H,18,20). The van der Waals surface area contributed by atoms with E-state index in [0.717, 1.165) is 0 Å². The summed E-state index contributed by atoms with van der Waals surface area (Å²) in [4.78, 5) is 23.3. The molecule has 0 unspecified atom stereocenters. The van der Waals surface area contributed by atoms with Crippen LogP contribution in [0.1, 0.15) is 29.6 Å². The predicted molar refractivity (Wildman–Crippen MR) is 78.9 cm³/mol. The minimum atomic E-state index is -0.439. The average molecular weight is 301 g/mol. The van der Waals surface area contributed by atoms with Gasteiger partial charge in [0.1, 0.15) is 0 Å². The third kappa shape index (κ3) is 3.39. The van der Waals surface area contributed by atoms with Crippen molar-refractivity contribution in [1.82, 2.24) is 10.6 Å². The number of methoxy groups -OCH3 is 1. The molecule has 115 valence electrons. The molecule has 6 nitrogen and oxygen atoms in total. The number of carbonyl (C=O) groups excluding carboxylic acids is 2. The van der Waals surface area contributed by atoms with Crippen LogP contribution in [0.2, 0.25) is 0 Å². The number of Topliss-reactive ketones (excluding diaryl/α,β-unsaturated/α-hetero) is 1. The zero-order valence-corrected chi connectivity index (χ0v) is 12.3. The Balaban J connectivity index is 1.70. The molecule has 1 saturated carbocycles. The van der Waals surface area contributed by atoms with Crippen molar-refractivity contribution in [2.24, 2.45) is 5.92 Å². The van der Waals surface area contributed by atoms with Gasteiger partial charge in [-0.1, -0.05) is 0 Å². The Hall–Kier alpha value is -2.50.